The van der Waals surface area contributed by atoms with Gasteiger partial charge in [0, 0.05) is 22.8 Å². The number of rotatable bonds is 30. The number of fused-ring (bicyclic) bond motifs is 2. The molecule has 7 N–H and O–H groups in total. The molecule has 9 aromatic rings. The quantitative estimate of drug-likeness (QED) is 0.00723. The van der Waals surface area contributed by atoms with E-state index in [2.05, 4.69) is 52.1 Å². The van der Waals surface area contributed by atoms with Crippen molar-refractivity contribution in [3.63, 3.8) is 0 Å². The third-order valence-electron chi connectivity index (χ3n) is 24.4. The first-order chi connectivity index (χ1) is 61.0. The molecule has 1 unspecified atom stereocenters. The maximum Gasteiger partial charge on any atom is 0.412 e. The molecule has 5 heterocycles. The first kappa shape index (κ1) is 89.5. The topological polar surface area (TPSA) is 366 Å². The lowest BCUT2D eigenvalue weighted by molar-refractivity contribution is -0.321. The highest BCUT2D eigenvalue weighted by Gasteiger charge is 2.63. The van der Waals surface area contributed by atoms with Crippen molar-refractivity contribution in [2.75, 3.05) is 19.7 Å². The molecular weight excluding hydrogens is 1650 g/mol. The van der Waals surface area contributed by atoms with Crippen LogP contribution in [-0.4, -0.2) is 191 Å². The van der Waals surface area contributed by atoms with Gasteiger partial charge in [0.25, 0.3) is 16.6 Å². The van der Waals surface area contributed by atoms with Crippen molar-refractivity contribution in [1.82, 2.24) is 26.2 Å². The van der Waals surface area contributed by atoms with E-state index in [-0.39, 0.29) is 58.8 Å². The standard InChI is InChI=1S/C95H106N8O21Si2/c1-94(2,3)126(68-47-29-13-30-48-68,69-49-31-14-32-50-69)116-60-77-80(121-88-78(101-91(108)114-58-63-37-19-8-20-38-63)79(105)83-76(118-88)55-103(85(120-83)65-41-23-10-24-42-65)93(110)115-59-64-39-21-9-22-40-64)70(53-95(4,5)125(111,66-43-25-11-26-44-66)67-45-27-12-28-46-67)86(119-77)123-84-81(71(51-72-82(84)124-92(109)99-72)98-89(106)112-56-61-33-15-6-16-34-61)122-87-73(52-74(104)75(117-87)54-97-102-96)100-90(107)113-57-62-35-17-7-18-36-62/h6-50,70-88,104-105,111H,51-60H2,1-5H3,(H,98,106)(H,99,109)(H,100,107)(H,101,108)/t70-,71+,72-,73-,74+,75-,76+,77-,78-,79-,80+,81-,82+,83-,84+,85?,86+,87-,88-/m1/s1. The fourth-order valence-electron chi connectivity index (χ4n) is 18.2. The minimum Gasteiger partial charge on any atom is -0.445 e. The van der Waals surface area contributed by atoms with Crippen molar-refractivity contribution >= 4 is 67.8 Å². The highest BCUT2D eigenvalue weighted by molar-refractivity contribution is 6.99. The average Bonchev–Trinajstić information content (AvgIpc) is 1.35. The van der Waals surface area contributed by atoms with E-state index in [1.807, 2.05) is 190 Å². The van der Waals surface area contributed by atoms with E-state index in [1.165, 1.54) is 4.90 Å². The molecule has 29 nitrogen and oxygen atoms in total. The molecule has 5 amide bonds. The lowest BCUT2D eigenvalue weighted by atomic mass is 9.83. The minimum absolute atomic E-state index is 0.0916. The van der Waals surface area contributed by atoms with Crippen LogP contribution in [0.2, 0.25) is 10.1 Å². The van der Waals surface area contributed by atoms with E-state index >= 15 is 0 Å². The molecule has 6 fully saturated rings. The Kier molecular flexibility index (Phi) is 28.8. The van der Waals surface area contributed by atoms with Crippen molar-refractivity contribution in [3.05, 3.63) is 311 Å². The first-order valence-corrected chi connectivity index (χ1v) is 46.3. The summed E-state index contributed by atoms with van der Waals surface area (Å²) in [4.78, 5) is 92.2. The van der Waals surface area contributed by atoms with Gasteiger partial charge in [-0.1, -0.05) is 313 Å². The van der Waals surface area contributed by atoms with Crippen LogP contribution in [0.25, 0.3) is 10.4 Å². The summed E-state index contributed by atoms with van der Waals surface area (Å²) in [5.41, 5.74) is 12.9. The van der Waals surface area contributed by atoms with Crippen molar-refractivity contribution in [2.45, 2.75) is 201 Å². The number of aliphatic hydroxyl groups excluding tert-OH is 2. The summed E-state index contributed by atoms with van der Waals surface area (Å²) in [5.74, 6) is -1.21. The molecule has 5 aliphatic heterocycles. The van der Waals surface area contributed by atoms with Crippen molar-refractivity contribution < 1.29 is 100 Å². The highest BCUT2D eigenvalue weighted by Crippen LogP contribution is 2.50. The fraction of sp³-hybridized carbons (Fsp3) is 0.379. The number of aliphatic hydroxyl groups is 2. The highest BCUT2D eigenvalue weighted by atomic mass is 28.4. The van der Waals surface area contributed by atoms with Gasteiger partial charge in [0.2, 0.25) is 0 Å². The van der Waals surface area contributed by atoms with Crippen LogP contribution in [0.3, 0.4) is 0 Å². The smallest absolute Gasteiger partial charge is 0.412 e. The van der Waals surface area contributed by atoms with E-state index in [0.717, 1.165) is 10.4 Å². The van der Waals surface area contributed by atoms with Gasteiger partial charge >= 0.3 is 30.5 Å². The fourth-order valence-corrected chi connectivity index (χ4v) is 26.5. The molecule has 15 rings (SSSR count). The Morgan fingerprint density at radius 2 is 0.960 bits per heavy atom. The van der Waals surface area contributed by atoms with Crippen LogP contribution in [0.1, 0.15) is 87.9 Å². The lowest BCUT2D eigenvalue weighted by Crippen LogP contribution is -2.70. The second kappa shape index (κ2) is 40.5. The Labute approximate surface area is 733 Å². The molecule has 5 saturated heterocycles. The van der Waals surface area contributed by atoms with Crippen LogP contribution >= 0.6 is 0 Å². The van der Waals surface area contributed by atoms with Gasteiger partial charge in [0.05, 0.1) is 56.1 Å². The molecule has 1 saturated carbocycles. The van der Waals surface area contributed by atoms with E-state index < -0.39 is 180 Å². The SMILES string of the molecule is CC(C)(C[C@H]1[C@H](O[C@@H]2[C@H]3OC(=O)N[C@@H]3C[C@H](NC(=O)OCc3ccccc3)[C@H]2O[C@H]2O[C@H](CN=[N+]=[N-])[C@@H](O)C[C@H]2NC(=O)OCc2ccccc2)O[C@H](CO[Si](c2ccccc2)(c2ccccc2)C(C)(C)C)[C@H]1O[C@H]1O[C@H]2CN(C(=O)OCc3ccccc3)C(c3ccccc3)O[C@H]2[C@H](O)[C@H]1NC(=O)OCc1ccccc1)[Si](O)(c1ccccc1)c1ccccc1. The lowest BCUT2D eigenvalue weighted by Gasteiger charge is -2.51. The van der Waals surface area contributed by atoms with Crippen LogP contribution in [0.4, 0.5) is 24.0 Å². The van der Waals surface area contributed by atoms with Crippen LogP contribution in [0.5, 0.6) is 0 Å². The number of nitrogens with one attached hydrogen (secondary N) is 4. The Bertz CT molecular complexity index is 5030. The monoisotopic (exact) mass is 1750 g/mol. The molecule has 19 atom stereocenters. The van der Waals surface area contributed by atoms with Crippen LogP contribution in [-0.2, 0) is 87.7 Å². The number of benzene rings is 9. The summed E-state index contributed by atoms with van der Waals surface area (Å²) in [6, 6.07) is 78.6. The molecule has 126 heavy (non-hydrogen) atoms. The Balaban J connectivity index is 0.894. The summed E-state index contributed by atoms with van der Waals surface area (Å²) in [5, 5.41) is 42.1. The first-order valence-electron chi connectivity index (χ1n) is 42.5. The summed E-state index contributed by atoms with van der Waals surface area (Å²) in [6.45, 7) is 8.65. The Morgan fingerprint density at radius 1 is 0.516 bits per heavy atom. The zero-order chi connectivity index (χ0) is 88.0. The van der Waals surface area contributed by atoms with Crippen LogP contribution in [0, 0.1) is 5.92 Å². The van der Waals surface area contributed by atoms with Crippen molar-refractivity contribution in [3.8, 4) is 0 Å². The van der Waals surface area contributed by atoms with Gasteiger partial charge in [0.1, 0.15) is 69.1 Å². The van der Waals surface area contributed by atoms with Crippen molar-refractivity contribution in [1.29, 1.82) is 0 Å². The van der Waals surface area contributed by atoms with Gasteiger partial charge < -0.3 is 97.5 Å². The van der Waals surface area contributed by atoms with E-state index in [0.29, 0.717) is 38.2 Å². The average molecular weight is 1750 g/mol. The number of hydrogen-bond donors (Lipinski definition) is 7. The number of ether oxygens (including phenoxy) is 12. The number of carbonyl (C=O) groups excluding carboxylic acids is 5. The number of azide groups is 1. The molecule has 1 aliphatic carbocycles. The number of nitrogens with zero attached hydrogens (tertiary/aromatic N) is 4. The summed E-state index contributed by atoms with van der Waals surface area (Å²) in [6.07, 6.45) is -25.4. The van der Waals surface area contributed by atoms with Crippen LogP contribution in [0.15, 0.2) is 278 Å². The zero-order valence-corrected chi connectivity index (χ0v) is 72.5. The second-order valence-corrected chi connectivity index (χ2v) is 42.3. The van der Waals surface area contributed by atoms with E-state index in [1.54, 1.807) is 97.1 Å². The maximum absolute atomic E-state index is 15.0. The number of carbonyl (C=O) groups is 5. The number of amides is 5. The predicted molar refractivity (Wildman–Crippen MR) is 467 cm³/mol. The van der Waals surface area contributed by atoms with E-state index in [9.17, 15) is 44.5 Å². The van der Waals surface area contributed by atoms with E-state index in [4.69, 9.17) is 61.3 Å². The molecule has 0 bridgehead atoms. The molecule has 660 valence electrons. The normalized spacial score (nSPS) is 26.6. The Hall–Kier alpha value is -11.4. The number of hydrogen-bond acceptors (Lipinski definition) is 22. The molecule has 6 aliphatic rings. The third kappa shape index (κ3) is 20.5. The maximum atomic E-state index is 15.0. The minimum atomic E-state index is -4.22. The van der Waals surface area contributed by atoms with Gasteiger partial charge in [0.15, 0.2) is 31.2 Å². The largest absolute Gasteiger partial charge is 0.445 e. The number of alkyl carbamates (subject to hydrolysis) is 4. The molecule has 0 spiro atoms. The summed E-state index contributed by atoms with van der Waals surface area (Å²) in [7, 11) is -7.88. The molecule has 0 radical (unpaired) electrons. The molecule has 9 aromatic carbocycles. The predicted octanol–water partition coefficient (Wildman–Crippen LogP) is 11.4. The van der Waals surface area contributed by atoms with Gasteiger partial charge in [-0.3, -0.25) is 4.90 Å². The van der Waals surface area contributed by atoms with Crippen LogP contribution < -0.4 is 42.0 Å². The molecular formula is C95H106N8O21Si2. The third-order valence-corrected chi connectivity index (χ3v) is 33.9. The molecule has 31 heteroatoms. The van der Waals surface area contributed by atoms with Gasteiger partial charge in [-0.2, -0.15) is 0 Å². The molecule has 0 aromatic heterocycles. The van der Waals surface area contributed by atoms with Gasteiger partial charge in [-0.05, 0) is 71.5 Å². The zero-order valence-electron chi connectivity index (χ0n) is 70.5. The Morgan fingerprint density at radius 3 is 1.46 bits per heavy atom. The second-order valence-electron chi connectivity index (χ2n) is 34.1. The summed E-state index contributed by atoms with van der Waals surface area (Å²) < 4.78 is 90.0. The van der Waals surface area contributed by atoms with Gasteiger partial charge in [-0.25, -0.2) is 24.0 Å². The van der Waals surface area contributed by atoms with Gasteiger partial charge in [-0.15, -0.1) is 0 Å². The summed E-state index contributed by atoms with van der Waals surface area (Å²) >= 11 is 0. The van der Waals surface area contributed by atoms with Crippen molar-refractivity contribution in [2.24, 2.45) is 11.0 Å².